The molecular weight excluding hydrogens is 326 g/mol. The fourth-order valence-corrected chi connectivity index (χ4v) is 3.84. The van der Waals surface area contributed by atoms with Gasteiger partial charge in [0.05, 0.1) is 11.4 Å². The number of hydrogen-bond donors (Lipinski definition) is 1. The monoisotopic (exact) mass is 347 g/mol. The second-order valence-corrected chi connectivity index (χ2v) is 7.17. The second-order valence-electron chi connectivity index (χ2n) is 5.24. The van der Waals surface area contributed by atoms with Gasteiger partial charge in [-0.1, -0.05) is 6.07 Å². The summed E-state index contributed by atoms with van der Waals surface area (Å²) in [5.74, 6) is -0.141. The molecule has 2 N–H and O–H groups in total. The fourth-order valence-electron chi connectivity index (χ4n) is 2.33. The van der Waals surface area contributed by atoms with Crippen molar-refractivity contribution in [2.75, 3.05) is 32.7 Å². The van der Waals surface area contributed by atoms with E-state index in [1.165, 1.54) is 4.31 Å². The Morgan fingerprint density at radius 2 is 1.73 bits per heavy atom. The molecule has 1 aliphatic rings. The van der Waals surface area contributed by atoms with Crippen LogP contribution in [0.4, 0.5) is 0 Å². The van der Waals surface area contributed by atoms with Crippen LogP contribution in [0.3, 0.4) is 0 Å². The standard InChI is InChI=1S/C14H21N3O3S.ClH/c1-11-3-4-13(9-12(11)2)21(19,20)17-7-5-16(6-8-17)14(18)10-15;/h3-4,9H,5-8,10,15H2,1-2H3;1H. The summed E-state index contributed by atoms with van der Waals surface area (Å²) in [6.45, 7) is 5.20. The normalized spacial score (nSPS) is 16.2. The fraction of sp³-hybridized carbons (Fsp3) is 0.500. The minimum Gasteiger partial charge on any atom is -0.339 e. The molecule has 1 aromatic carbocycles. The molecule has 0 aliphatic carbocycles. The summed E-state index contributed by atoms with van der Waals surface area (Å²) in [6.07, 6.45) is 0. The van der Waals surface area contributed by atoms with Gasteiger partial charge in [0.25, 0.3) is 0 Å². The minimum absolute atomic E-state index is 0. The molecule has 1 fully saturated rings. The number of carbonyl (C=O) groups excluding carboxylic acids is 1. The number of benzene rings is 1. The Balaban J connectivity index is 0.00000242. The summed E-state index contributed by atoms with van der Waals surface area (Å²) in [7, 11) is -3.49. The maximum absolute atomic E-state index is 12.6. The lowest BCUT2D eigenvalue weighted by Crippen LogP contribution is -2.51. The molecule has 0 saturated carbocycles. The summed E-state index contributed by atoms with van der Waals surface area (Å²) in [5, 5.41) is 0. The Bertz CT molecular complexity index is 641. The van der Waals surface area contributed by atoms with Crippen LogP contribution in [0, 0.1) is 13.8 Å². The van der Waals surface area contributed by atoms with Gasteiger partial charge in [-0.05, 0) is 37.1 Å². The predicted octanol–water partition coefficient (Wildman–Crippen LogP) is 0.517. The van der Waals surface area contributed by atoms with Crippen molar-refractivity contribution < 1.29 is 13.2 Å². The number of sulfonamides is 1. The zero-order valence-electron chi connectivity index (χ0n) is 12.8. The Morgan fingerprint density at radius 3 is 2.23 bits per heavy atom. The van der Waals surface area contributed by atoms with E-state index < -0.39 is 10.0 Å². The molecule has 1 amide bonds. The Hall–Kier alpha value is -1.15. The molecule has 1 saturated heterocycles. The van der Waals surface area contributed by atoms with Crippen molar-refractivity contribution in [2.45, 2.75) is 18.7 Å². The van der Waals surface area contributed by atoms with Gasteiger partial charge in [0.1, 0.15) is 0 Å². The summed E-state index contributed by atoms with van der Waals surface area (Å²) in [5.41, 5.74) is 7.34. The number of carbonyl (C=O) groups is 1. The first-order chi connectivity index (χ1) is 9.86. The largest absolute Gasteiger partial charge is 0.339 e. The molecule has 0 unspecified atom stereocenters. The smallest absolute Gasteiger partial charge is 0.243 e. The molecule has 1 aromatic rings. The van der Waals surface area contributed by atoms with E-state index in [4.69, 9.17) is 5.73 Å². The summed E-state index contributed by atoms with van der Waals surface area (Å²) < 4.78 is 26.6. The highest BCUT2D eigenvalue weighted by molar-refractivity contribution is 7.89. The van der Waals surface area contributed by atoms with Crippen LogP contribution in [0.5, 0.6) is 0 Å². The molecule has 124 valence electrons. The molecule has 8 heteroatoms. The SMILES string of the molecule is Cc1ccc(S(=O)(=O)N2CCN(C(=O)CN)CC2)cc1C.Cl. The third-order valence-electron chi connectivity index (χ3n) is 3.88. The molecule has 0 bridgehead atoms. The summed E-state index contributed by atoms with van der Waals surface area (Å²) in [4.78, 5) is 13.4. The molecule has 1 aliphatic heterocycles. The van der Waals surface area contributed by atoms with Crippen LogP contribution in [0.2, 0.25) is 0 Å². The summed E-state index contributed by atoms with van der Waals surface area (Å²) >= 11 is 0. The van der Waals surface area contributed by atoms with Crippen LogP contribution in [-0.2, 0) is 14.8 Å². The van der Waals surface area contributed by atoms with Gasteiger partial charge in [-0.3, -0.25) is 4.79 Å². The van der Waals surface area contributed by atoms with E-state index in [0.717, 1.165) is 11.1 Å². The van der Waals surface area contributed by atoms with Crippen molar-refractivity contribution in [1.82, 2.24) is 9.21 Å². The Morgan fingerprint density at radius 1 is 1.14 bits per heavy atom. The van der Waals surface area contributed by atoms with Crippen molar-refractivity contribution in [2.24, 2.45) is 5.73 Å². The van der Waals surface area contributed by atoms with E-state index in [-0.39, 0.29) is 24.9 Å². The molecule has 1 heterocycles. The lowest BCUT2D eigenvalue weighted by atomic mass is 10.1. The highest BCUT2D eigenvalue weighted by Gasteiger charge is 2.29. The minimum atomic E-state index is -3.49. The van der Waals surface area contributed by atoms with Crippen LogP contribution in [0.15, 0.2) is 23.1 Å². The average Bonchev–Trinajstić information content (AvgIpc) is 2.49. The first-order valence-corrected chi connectivity index (χ1v) is 8.35. The van der Waals surface area contributed by atoms with E-state index in [9.17, 15) is 13.2 Å². The predicted molar refractivity (Wildman–Crippen MR) is 87.6 cm³/mol. The first kappa shape index (κ1) is 18.9. The van der Waals surface area contributed by atoms with E-state index >= 15 is 0 Å². The lowest BCUT2D eigenvalue weighted by molar-refractivity contribution is -0.130. The zero-order valence-corrected chi connectivity index (χ0v) is 14.4. The lowest BCUT2D eigenvalue weighted by Gasteiger charge is -2.33. The van der Waals surface area contributed by atoms with Crippen LogP contribution in [0.1, 0.15) is 11.1 Å². The average molecular weight is 348 g/mol. The van der Waals surface area contributed by atoms with Crippen molar-refractivity contribution in [3.05, 3.63) is 29.3 Å². The number of nitrogens with two attached hydrogens (primary N) is 1. The van der Waals surface area contributed by atoms with Gasteiger partial charge in [0.15, 0.2) is 0 Å². The van der Waals surface area contributed by atoms with Crippen molar-refractivity contribution in [1.29, 1.82) is 0 Å². The quantitative estimate of drug-likeness (QED) is 0.863. The van der Waals surface area contributed by atoms with Gasteiger partial charge in [0.2, 0.25) is 15.9 Å². The van der Waals surface area contributed by atoms with Gasteiger partial charge in [-0.25, -0.2) is 8.42 Å². The molecular formula is C14H22ClN3O3S. The van der Waals surface area contributed by atoms with E-state index in [0.29, 0.717) is 31.1 Å². The van der Waals surface area contributed by atoms with Gasteiger partial charge in [-0.2, -0.15) is 4.31 Å². The van der Waals surface area contributed by atoms with Gasteiger partial charge in [0, 0.05) is 26.2 Å². The molecule has 0 atom stereocenters. The van der Waals surface area contributed by atoms with Crippen LogP contribution < -0.4 is 5.73 Å². The van der Waals surface area contributed by atoms with Gasteiger partial charge < -0.3 is 10.6 Å². The first-order valence-electron chi connectivity index (χ1n) is 6.91. The van der Waals surface area contributed by atoms with Crippen LogP contribution >= 0.6 is 12.4 Å². The number of piperazine rings is 1. The van der Waals surface area contributed by atoms with Gasteiger partial charge in [-0.15, -0.1) is 12.4 Å². The number of aryl methyl sites for hydroxylation is 2. The second kappa shape index (κ2) is 7.41. The molecule has 0 radical (unpaired) electrons. The number of nitrogens with zero attached hydrogens (tertiary/aromatic N) is 2. The van der Waals surface area contributed by atoms with Gasteiger partial charge >= 0.3 is 0 Å². The van der Waals surface area contributed by atoms with E-state index in [2.05, 4.69) is 0 Å². The highest BCUT2D eigenvalue weighted by Crippen LogP contribution is 2.20. The molecule has 0 aromatic heterocycles. The maximum Gasteiger partial charge on any atom is 0.243 e. The number of rotatable bonds is 3. The maximum atomic E-state index is 12.6. The Labute approximate surface area is 137 Å². The van der Waals surface area contributed by atoms with E-state index in [1.54, 1.807) is 17.0 Å². The molecule has 0 spiro atoms. The molecule has 2 rings (SSSR count). The topological polar surface area (TPSA) is 83.7 Å². The highest BCUT2D eigenvalue weighted by atomic mass is 35.5. The summed E-state index contributed by atoms with van der Waals surface area (Å²) in [6, 6.07) is 5.15. The van der Waals surface area contributed by atoms with Crippen LogP contribution in [-0.4, -0.2) is 56.3 Å². The number of halogens is 1. The Kier molecular flexibility index (Phi) is 6.37. The third-order valence-corrected chi connectivity index (χ3v) is 5.78. The van der Waals surface area contributed by atoms with Crippen molar-refractivity contribution >= 4 is 28.3 Å². The van der Waals surface area contributed by atoms with Crippen LogP contribution in [0.25, 0.3) is 0 Å². The molecule has 6 nitrogen and oxygen atoms in total. The number of hydrogen-bond acceptors (Lipinski definition) is 4. The molecule has 22 heavy (non-hydrogen) atoms. The zero-order chi connectivity index (χ0) is 15.6. The van der Waals surface area contributed by atoms with E-state index in [1.807, 2.05) is 19.9 Å². The number of amides is 1. The third kappa shape index (κ3) is 3.78. The van der Waals surface area contributed by atoms with Crippen molar-refractivity contribution in [3.8, 4) is 0 Å². The van der Waals surface area contributed by atoms with Crippen molar-refractivity contribution in [3.63, 3.8) is 0 Å².